The summed E-state index contributed by atoms with van der Waals surface area (Å²) in [6, 6.07) is 0.675. The first-order valence-corrected chi connectivity index (χ1v) is 15.1. The molecule has 0 radical (unpaired) electrons. The van der Waals surface area contributed by atoms with Crippen LogP contribution in [0.15, 0.2) is 0 Å². The molecular formula is C28H56Cl2N2O4. The maximum atomic E-state index is 12.1. The molecule has 0 amide bonds. The summed E-state index contributed by atoms with van der Waals surface area (Å²) in [5.41, 5.74) is 0. The van der Waals surface area contributed by atoms with Gasteiger partial charge in [-0.05, 0) is 89.6 Å². The molecule has 0 aromatic carbocycles. The first-order valence-electron chi connectivity index (χ1n) is 14.0. The van der Waals surface area contributed by atoms with Crippen LogP contribution >= 0.6 is 23.2 Å². The molecule has 0 heterocycles. The molecule has 36 heavy (non-hydrogen) atoms. The van der Waals surface area contributed by atoms with Gasteiger partial charge in [-0.1, -0.05) is 27.7 Å². The van der Waals surface area contributed by atoms with E-state index in [2.05, 4.69) is 38.3 Å². The molecule has 0 aromatic rings. The quantitative estimate of drug-likeness (QED) is 0.112. The molecule has 8 heteroatoms. The number of carbonyl (C=O) groups is 1. The molecule has 0 rings (SSSR count). The van der Waals surface area contributed by atoms with Gasteiger partial charge in [0.15, 0.2) is 0 Å². The Balaban J connectivity index is 4.36. The van der Waals surface area contributed by atoms with E-state index >= 15 is 0 Å². The lowest BCUT2D eigenvalue weighted by atomic mass is 9.88. The zero-order valence-corrected chi connectivity index (χ0v) is 25.5. The van der Waals surface area contributed by atoms with Crippen molar-refractivity contribution in [3.05, 3.63) is 0 Å². The van der Waals surface area contributed by atoms with Crippen LogP contribution in [0.3, 0.4) is 0 Å². The fourth-order valence-corrected chi connectivity index (χ4v) is 5.34. The van der Waals surface area contributed by atoms with Crippen molar-refractivity contribution < 1.29 is 19.4 Å². The van der Waals surface area contributed by atoms with Crippen LogP contribution < -0.4 is 10.6 Å². The van der Waals surface area contributed by atoms with E-state index in [0.29, 0.717) is 42.0 Å². The van der Waals surface area contributed by atoms with E-state index in [9.17, 15) is 9.90 Å². The Morgan fingerprint density at radius 1 is 0.861 bits per heavy atom. The van der Waals surface area contributed by atoms with Gasteiger partial charge < -0.3 is 25.2 Å². The molecule has 0 saturated heterocycles. The molecule has 0 aliphatic rings. The SMILES string of the molecule is CCC(OC(=O)C(C)CO)C(CC(C)NCC(C)CC(C)CC(C)CCNC(CCCl)CCCl)OC. The zero-order valence-electron chi connectivity index (χ0n) is 24.0. The highest BCUT2D eigenvalue weighted by Crippen LogP contribution is 2.22. The highest BCUT2D eigenvalue weighted by Gasteiger charge is 2.27. The van der Waals surface area contributed by atoms with Crippen LogP contribution in [-0.2, 0) is 14.3 Å². The molecule has 0 aromatic heterocycles. The first-order chi connectivity index (χ1) is 17.1. The minimum atomic E-state index is -0.516. The van der Waals surface area contributed by atoms with E-state index in [1.165, 1.54) is 19.3 Å². The van der Waals surface area contributed by atoms with Gasteiger partial charge in [0.05, 0.1) is 18.6 Å². The third-order valence-electron chi connectivity index (χ3n) is 7.06. The first kappa shape index (κ1) is 35.9. The number of nitrogens with one attached hydrogen (secondary N) is 2. The van der Waals surface area contributed by atoms with Crippen LogP contribution in [-0.4, -0.2) is 73.9 Å². The molecule has 0 fully saturated rings. The maximum Gasteiger partial charge on any atom is 0.311 e. The lowest BCUT2D eigenvalue weighted by Crippen LogP contribution is -2.40. The summed E-state index contributed by atoms with van der Waals surface area (Å²) in [6.07, 6.45) is 6.50. The molecular weight excluding hydrogens is 499 g/mol. The standard InChI is InChI=1S/C28H56Cl2N2O4/c1-8-26(36-28(34)23(5)19-33)27(35-7)17-24(6)32-18-22(4)16-21(3)15-20(2)11-14-31-25(9-12-29)10-13-30/h20-27,31-33H,8-19H2,1-7H3. The zero-order chi connectivity index (χ0) is 27.5. The van der Waals surface area contributed by atoms with Crippen LogP contribution in [0.5, 0.6) is 0 Å². The van der Waals surface area contributed by atoms with E-state index in [1.54, 1.807) is 14.0 Å². The second kappa shape index (κ2) is 21.8. The Bertz CT molecular complexity index is 538. The minimum Gasteiger partial charge on any atom is -0.459 e. The summed E-state index contributed by atoms with van der Waals surface area (Å²) < 4.78 is 11.3. The average Bonchev–Trinajstić information content (AvgIpc) is 2.84. The number of methoxy groups -OCH3 is 1. The van der Waals surface area contributed by atoms with Gasteiger partial charge in [0.25, 0.3) is 0 Å². The number of alkyl halides is 2. The predicted octanol–water partition coefficient (Wildman–Crippen LogP) is 5.61. The summed E-state index contributed by atoms with van der Waals surface area (Å²) in [5, 5.41) is 16.5. The van der Waals surface area contributed by atoms with Gasteiger partial charge in [0, 0.05) is 31.0 Å². The summed E-state index contributed by atoms with van der Waals surface area (Å²) in [4.78, 5) is 12.1. The largest absolute Gasteiger partial charge is 0.459 e. The topological polar surface area (TPSA) is 79.8 Å². The van der Waals surface area contributed by atoms with Crippen molar-refractivity contribution in [1.29, 1.82) is 0 Å². The van der Waals surface area contributed by atoms with Crippen LogP contribution in [0.2, 0.25) is 0 Å². The highest BCUT2D eigenvalue weighted by atomic mass is 35.5. The fraction of sp³-hybridized carbons (Fsp3) is 0.964. The smallest absolute Gasteiger partial charge is 0.311 e. The van der Waals surface area contributed by atoms with Gasteiger partial charge in [0.1, 0.15) is 6.10 Å². The van der Waals surface area contributed by atoms with E-state index < -0.39 is 5.92 Å². The number of halogens is 2. The molecule has 7 atom stereocenters. The molecule has 6 nitrogen and oxygen atoms in total. The van der Waals surface area contributed by atoms with Gasteiger partial charge in [0.2, 0.25) is 0 Å². The average molecular weight is 556 g/mol. The molecule has 7 unspecified atom stereocenters. The summed E-state index contributed by atoms with van der Waals surface area (Å²) in [6.45, 7) is 14.6. The highest BCUT2D eigenvalue weighted by molar-refractivity contribution is 6.18. The second-order valence-electron chi connectivity index (χ2n) is 11.0. The fourth-order valence-electron chi connectivity index (χ4n) is 4.81. The number of ether oxygens (including phenoxy) is 2. The van der Waals surface area contributed by atoms with Crippen molar-refractivity contribution >= 4 is 29.2 Å². The van der Waals surface area contributed by atoms with Gasteiger partial charge in [-0.15, -0.1) is 23.2 Å². The van der Waals surface area contributed by atoms with Crippen molar-refractivity contribution in [2.24, 2.45) is 23.7 Å². The maximum absolute atomic E-state index is 12.1. The minimum absolute atomic E-state index is 0.176. The number of esters is 1. The number of rotatable bonds is 23. The van der Waals surface area contributed by atoms with Crippen LogP contribution in [0.4, 0.5) is 0 Å². The van der Waals surface area contributed by atoms with E-state index in [-0.39, 0.29) is 30.8 Å². The third kappa shape index (κ3) is 16.7. The lowest BCUT2D eigenvalue weighted by Gasteiger charge is -2.29. The Morgan fingerprint density at radius 3 is 2.00 bits per heavy atom. The number of hydrogen-bond donors (Lipinski definition) is 3. The van der Waals surface area contributed by atoms with Crippen molar-refractivity contribution in [3.8, 4) is 0 Å². The summed E-state index contributed by atoms with van der Waals surface area (Å²) in [7, 11) is 1.67. The van der Waals surface area contributed by atoms with E-state index in [1.807, 2.05) is 6.92 Å². The Kier molecular flexibility index (Phi) is 21.7. The molecule has 216 valence electrons. The Hall–Kier alpha value is -0.110. The summed E-state index contributed by atoms with van der Waals surface area (Å²) in [5.74, 6) is 2.41. The van der Waals surface area contributed by atoms with Crippen molar-refractivity contribution in [3.63, 3.8) is 0 Å². The molecule has 0 saturated carbocycles. The van der Waals surface area contributed by atoms with E-state index in [0.717, 1.165) is 32.4 Å². The van der Waals surface area contributed by atoms with Gasteiger partial charge in [-0.2, -0.15) is 0 Å². The monoisotopic (exact) mass is 554 g/mol. The Morgan fingerprint density at radius 2 is 1.47 bits per heavy atom. The molecule has 0 aliphatic heterocycles. The van der Waals surface area contributed by atoms with Crippen LogP contribution in [0, 0.1) is 23.7 Å². The van der Waals surface area contributed by atoms with Crippen LogP contribution in [0.1, 0.15) is 86.5 Å². The second-order valence-corrected chi connectivity index (χ2v) is 11.7. The number of aliphatic hydroxyl groups is 1. The predicted molar refractivity (Wildman–Crippen MR) is 153 cm³/mol. The number of hydrogen-bond acceptors (Lipinski definition) is 6. The molecule has 3 N–H and O–H groups in total. The van der Waals surface area contributed by atoms with Gasteiger partial charge in [-0.25, -0.2) is 0 Å². The summed E-state index contributed by atoms with van der Waals surface area (Å²) >= 11 is 11.8. The number of aliphatic hydroxyl groups excluding tert-OH is 1. The van der Waals surface area contributed by atoms with Crippen molar-refractivity contribution in [2.75, 3.05) is 38.6 Å². The van der Waals surface area contributed by atoms with Gasteiger partial charge in [-0.3, -0.25) is 4.79 Å². The Labute approximate surface area is 231 Å². The lowest BCUT2D eigenvalue weighted by molar-refractivity contribution is -0.162. The number of carbonyl (C=O) groups excluding carboxylic acids is 1. The normalized spacial score (nSPS) is 17.9. The van der Waals surface area contributed by atoms with Crippen molar-refractivity contribution in [2.45, 2.75) is 111 Å². The molecule has 0 bridgehead atoms. The van der Waals surface area contributed by atoms with Crippen molar-refractivity contribution in [1.82, 2.24) is 10.6 Å². The van der Waals surface area contributed by atoms with Gasteiger partial charge >= 0.3 is 5.97 Å². The van der Waals surface area contributed by atoms with Crippen LogP contribution in [0.25, 0.3) is 0 Å². The van der Waals surface area contributed by atoms with E-state index in [4.69, 9.17) is 32.7 Å². The third-order valence-corrected chi connectivity index (χ3v) is 7.50. The molecule has 0 aliphatic carbocycles. The molecule has 0 spiro atoms.